The summed E-state index contributed by atoms with van der Waals surface area (Å²) in [6.07, 6.45) is 3.35. The minimum absolute atomic E-state index is 0.125. The second-order valence-corrected chi connectivity index (χ2v) is 6.40. The fourth-order valence-corrected chi connectivity index (χ4v) is 3.16. The minimum atomic E-state index is -0.419. The van der Waals surface area contributed by atoms with Crippen LogP contribution in [0.25, 0.3) is 0 Å². The molecule has 2 heterocycles. The van der Waals surface area contributed by atoms with Crippen molar-refractivity contribution >= 4 is 5.91 Å². The second kappa shape index (κ2) is 8.52. The summed E-state index contributed by atoms with van der Waals surface area (Å²) in [5, 5.41) is 2.99. The molecular weight excluding hydrogens is 354 g/mol. The van der Waals surface area contributed by atoms with Crippen LogP contribution in [-0.4, -0.2) is 22.6 Å². The van der Waals surface area contributed by atoms with Crippen molar-refractivity contribution in [2.24, 2.45) is 0 Å². The van der Waals surface area contributed by atoms with E-state index in [1.54, 1.807) is 36.2 Å². The number of carbonyl (C=O) groups is 1. The number of rotatable bonds is 6. The van der Waals surface area contributed by atoms with Crippen molar-refractivity contribution < 1.29 is 9.53 Å². The zero-order chi connectivity index (χ0) is 20.1. The van der Waals surface area contributed by atoms with Crippen molar-refractivity contribution in [1.82, 2.24) is 14.9 Å². The maximum absolute atomic E-state index is 13.0. The second-order valence-electron chi connectivity index (χ2n) is 6.40. The molecule has 1 amide bonds. The highest BCUT2D eigenvalue weighted by molar-refractivity contribution is 5.94. The van der Waals surface area contributed by atoms with Crippen molar-refractivity contribution in [1.29, 1.82) is 0 Å². The highest BCUT2D eigenvalue weighted by atomic mass is 16.5. The van der Waals surface area contributed by atoms with Gasteiger partial charge in [0, 0.05) is 24.6 Å². The predicted octanol–water partition coefficient (Wildman–Crippen LogP) is 3.10. The van der Waals surface area contributed by atoms with Gasteiger partial charge in [0.1, 0.15) is 11.3 Å². The number of hydrogen-bond donors (Lipinski definition) is 1. The number of methoxy groups -OCH3 is 1. The molecule has 0 saturated heterocycles. The molecule has 1 atom stereocenters. The van der Waals surface area contributed by atoms with Crippen LogP contribution >= 0.6 is 0 Å². The van der Waals surface area contributed by atoms with E-state index in [1.807, 2.05) is 50.2 Å². The van der Waals surface area contributed by atoms with Crippen molar-refractivity contribution in [3.8, 4) is 5.75 Å². The van der Waals surface area contributed by atoms with Gasteiger partial charge in [-0.1, -0.05) is 12.1 Å². The molecular formula is C22H23N3O3. The molecule has 0 aliphatic carbocycles. The van der Waals surface area contributed by atoms with Gasteiger partial charge in [0.15, 0.2) is 0 Å². The Kier molecular flexibility index (Phi) is 5.89. The summed E-state index contributed by atoms with van der Waals surface area (Å²) < 4.78 is 6.80. The van der Waals surface area contributed by atoms with Gasteiger partial charge >= 0.3 is 0 Å². The number of aryl methyl sites for hydroxylation is 1. The van der Waals surface area contributed by atoms with Gasteiger partial charge in [-0.15, -0.1) is 0 Å². The molecule has 6 nitrogen and oxygen atoms in total. The Bertz CT molecular complexity index is 1010. The Morgan fingerprint density at radius 1 is 1.07 bits per heavy atom. The zero-order valence-corrected chi connectivity index (χ0v) is 16.2. The molecule has 0 spiro atoms. The molecule has 1 aromatic carbocycles. The quantitative estimate of drug-likeness (QED) is 0.716. The van der Waals surface area contributed by atoms with E-state index in [1.165, 1.54) is 0 Å². The van der Waals surface area contributed by atoms with Gasteiger partial charge in [0.2, 0.25) is 0 Å². The van der Waals surface area contributed by atoms with Gasteiger partial charge in [0.05, 0.1) is 13.2 Å². The van der Waals surface area contributed by atoms with Gasteiger partial charge in [-0.3, -0.25) is 14.6 Å². The summed E-state index contributed by atoms with van der Waals surface area (Å²) in [5.41, 5.74) is 2.41. The van der Waals surface area contributed by atoms with Crippen LogP contribution in [-0.2, 0) is 6.54 Å². The van der Waals surface area contributed by atoms with E-state index in [9.17, 15) is 9.59 Å². The maximum Gasteiger partial charge on any atom is 0.263 e. The maximum atomic E-state index is 13.0. The SMILES string of the molecule is CCn1c(C)ccc(C(=O)N[C@@H](c2ccncc2)c2ccc(OC)cc2)c1=O. The van der Waals surface area contributed by atoms with Gasteiger partial charge in [0.25, 0.3) is 11.5 Å². The average Bonchev–Trinajstić information content (AvgIpc) is 2.73. The van der Waals surface area contributed by atoms with Crippen LogP contribution in [0.1, 0.15) is 40.1 Å². The van der Waals surface area contributed by atoms with Gasteiger partial charge in [-0.2, -0.15) is 0 Å². The normalized spacial score (nSPS) is 11.7. The molecule has 0 bridgehead atoms. The summed E-state index contributed by atoms with van der Waals surface area (Å²) in [6.45, 7) is 4.25. The third kappa shape index (κ3) is 3.96. The van der Waals surface area contributed by atoms with E-state index in [0.29, 0.717) is 6.54 Å². The molecule has 3 aromatic rings. The average molecular weight is 377 g/mol. The number of ether oxygens (including phenoxy) is 1. The highest BCUT2D eigenvalue weighted by Gasteiger charge is 2.20. The van der Waals surface area contributed by atoms with Crippen LogP contribution in [0, 0.1) is 6.92 Å². The molecule has 2 aromatic heterocycles. The van der Waals surface area contributed by atoms with E-state index in [-0.39, 0.29) is 11.1 Å². The number of aromatic nitrogens is 2. The first-order valence-electron chi connectivity index (χ1n) is 9.10. The highest BCUT2D eigenvalue weighted by Crippen LogP contribution is 2.24. The first kappa shape index (κ1) is 19.4. The minimum Gasteiger partial charge on any atom is -0.497 e. The smallest absolute Gasteiger partial charge is 0.263 e. The lowest BCUT2D eigenvalue weighted by atomic mass is 9.99. The fraction of sp³-hybridized carbons (Fsp3) is 0.227. The van der Waals surface area contributed by atoms with Crippen molar-refractivity contribution in [3.05, 3.63) is 93.7 Å². The van der Waals surface area contributed by atoms with Crippen LogP contribution in [0.15, 0.2) is 65.7 Å². The van der Waals surface area contributed by atoms with E-state index in [4.69, 9.17) is 4.74 Å². The molecule has 6 heteroatoms. The Balaban J connectivity index is 1.98. The molecule has 1 N–H and O–H groups in total. The van der Waals surface area contributed by atoms with Gasteiger partial charge < -0.3 is 14.6 Å². The Morgan fingerprint density at radius 3 is 2.32 bits per heavy atom. The van der Waals surface area contributed by atoms with Crippen molar-refractivity contribution in [3.63, 3.8) is 0 Å². The van der Waals surface area contributed by atoms with Crippen LogP contribution in [0.2, 0.25) is 0 Å². The number of carbonyl (C=O) groups excluding carboxylic acids is 1. The lowest BCUT2D eigenvalue weighted by Crippen LogP contribution is -2.36. The Hall–Kier alpha value is -3.41. The molecule has 0 aliphatic rings. The molecule has 0 saturated carbocycles. The van der Waals surface area contributed by atoms with Crippen molar-refractivity contribution in [2.75, 3.05) is 7.11 Å². The lowest BCUT2D eigenvalue weighted by molar-refractivity contribution is 0.0941. The molecule has 144 valence electrons. The standard InChI is InChI=1S/C22H23N3O3/c1-4-25-15(2)5-10-19(22(25)27)21(26)24-20(17-11-13-23-14-12-17)16-6-8-18(28-3)9-7-16/h5-14,20H,4H2,1-3H3,(H,24,26)/t20-/m1/s1. The first-order chi connectivity index (χ1) is 13.5. The van der Waals surface area contributed by atoms with Crippen LogP contribution < -0.4 is 15.6 Å². The largest absolute Gasteiger partial charge is 0.497 e. The third-order valence-corrected chi connectivity index (χ3v) is 4.72. The van der Waals surface area contributed by atoms with E-state index in [0.717, 1.165) is 22.6 Å². The monoisotopic (exact) mass is 377 g/mol. The van der Waals surface area contributed by atoms with Crippen LogP contribution in [0.3, 0.4) is 0 Å². The van der Waals surface area contributed by atoms with E-state index >= 15 is 0 Å². The predicted molar refractivity (Wildman–Crippen MR) is 108 cm³/mol. The molecule has 0 radical (unpaired) electrons. The molecule has 28 heavy (non-hydrogen) atoms. The van der Waals surface area contributed by atoms with Gasteiger partial charge in [-0.25, -0.2) is 0 Å². The van der Waals surface area contributed by atoms with Crippen LogP contribution in [0.4, 0.5) is 0 Å². The number of benzene rings is 1. The number of nitrogens with zero attached hydrogens (tertiary/aromatic N) is 2. The number of pyridine rings is 2. The number of hydrogen-bond acceptors (Lipinski definition) is 4. The van der Waals surface area contributed by atoms with Crippen LogP contribution in [0.5, 0.6) is 5.75 Å². The number of amides is 1. The molecule has 0 aliphatic heterocycles. The first-order valence-corrected chi connectivity index (χ1v) is 9.10. The summed E-state index contributed by atoms with van der Waals surface area (Å²) in [7, 11) is 1.60. The fourth-order valence-electron chi connectivity index (χ4n) is 3.16. The summed E-state index contributed by atoms with van der Waals surface area (Å²) in [4.78, 5) is 29.7. The van der Waals surface area contributed by atoms with E-state index < -0.39 is 11.9 Å². The van der Waals surface area contributed by atoms with Gasteiger partial charge in [-0.05, 0) is 61.4 Å². The topological polar surface area (TPSA) is 73.2 Å². The molecule has 3 rings (SSSR count). The Morgan fingerprint density at radius 2 is 1.71 bits per heavy atom. The molecule has 0 fully saturated rings. The zero-order valence-electron chi connectivity index (χ0n) is 16.2. The number of nitrogens with one attached hydrogen (secondary N) is 1. The summed E-state index contributed by atoms with van der Waals surface area (Å²) in [5.74, 6) is 0.317. The van der Waals surface area contributed by atoms with Crippen molar-refractivity contribution in [2.45, 2.75) is 26.4 Å². The third-order valence-electron chi connectivity index (χ3n) is 4.72. The lowest BCUT2D eigenvalue weighted by Gasteiger charge is -2.20. The summed E-state index contributed by atoms with van der Waals surface area (Å²) >= 11 is 0. The summed E-state index contributed by atoms with van der Waals surface area (Å²) in [6, 6.07) is 14.1. The van der Waals surface area contributed by atoms with E-state index in [2.05, 4.69) is 10.3 Å². The molecule has 0 unspecified atom stereocenters. The Labute approximate surface area is 163 Å².